The van der Waals surface area contributed by atoms with E-state index in [-0.39, 0.29) is 16.9 Å². The average molecular weight is 391 g/mol. The van der Waals surface area contributed by atoms with E-state index in [4.69, 9.17) is 4.74 Å². The van der Waals surface area contributed by atoms with Gasteiger partial charge in [0.25, 0.3) is 5.56 Å². The summed E-state index contributed by atoms with van der Waals surface area (Å²) < 4.78 is 19.6. The second-order valence-electron chi connectivity index (χ2n) is 5.14. The Morgan fingerprint density at radius 3 is 2.79 bits per heavy atom. The Kier molecular flexibility index (Phi) is 4.44. The van der Waals surface area contributed by atoms with E-state index in [0.717, 1.165) is 0 Å². The number of fused-ring (bicyclic) bond motifs is 1. The van der Waals surface area contributed by atoms with Crippen molar-refractivity contribution < 1.29 is 13.9 Å². The van der Waals surface area contributed by atoms with E-state index in [2.05, 4.69) is 25.9 Å². The molecule has 122 valence electrons. The second kappa shape index (κ2) is 6.52. The Bertz CT molecular complexity index is 987. The lowest BCUT2D eigenvalue weighted by Crippen LogP contribution is -2.18. The first-order chi connectivity index (χ1) is 11.5. The molecule has 0 spiro atoms. The molecule has 5 nitrogen and oxygen atoms in total. The van der Waals surface area contributed by atoms with Crippen LogP contribution in [-0.2, 0) is 4.74 Å². The van der Waals surface area contributed by atoms with Gasteiger partial charge < -0.3 is 9.72 Å². The zero-order chi connectivity index (χ0) is 17.3. The predicted octanol–water partition coefficient (Wildman–Crippen LogP) is 3.74. The monoisotopic (exact) mass is 390 g/mol. The van der Waals surface area contributed by atoms with Crippen LogP contribution in [0.25, 0.3) is 10.9 Å². The maximum Gasteiger partial charge on any atom is 0.341 e. The Morgan fingerprint density at radius 2 is 2.04 bits per heavy atom. The van der Waals surface area contributed by atoms with Crippen molar-refractivity contribution in [1.29, 1.82) is 0 Å². The first-order valence-corrected chi connectivity index (χ1v) is 7.90. The minimum Gasteiger partial charge on any atom is -0.451 e. The van der Waals surface area contributed by atoms with E-state index in [9.17, 15) is 14.0 Å². The summed E-state index contributed by atoms with van der Waals surface area (Å²) in [7, 11) is 0. The molecule has 0 bridgehead atoms. The van der Waals surface area contributed by atoms with Crippen molar-refractivity contribution in [3.05, 3.63) is 74.5 Å². The van der Waals surface area contributed by atoms with E-state index in [1.165, 1.54) is 12.1 Å². The van der Waals surface area contributed by atoms with E-state index in [1.807, 2.05) is 0 Å². The summed E-state index contributed by atoms with van der Waals surface area (Å²) in [6, 6.07) is 10.9. The van der Waals surface area contributed by atoms with Gasteiger partial charge in [-0.05, 0) is 37.3 Å². The highest BCUT2D eigenvalue weighted by molar-refractivity contribution is 9.10. The Morgan fingerprint density at radius 1 is 1.29 bits per heavy atom. The Labute approximate surface area is 144 Å². The van der Waals surface area contributed by atoms with Gasteiger partial charge in [0.15, 0.2) is 11.9 Å². The number of rotatable bonds is 3. The fraction of sp³-hybridized carbons (Fsp3) is 0.118. The van der Waals surface area contributed by atoms with Crippen molar-refractivity contribution in [2.24, 2.45) is 0 Å². The van der Waals surface area contributed by atoms with Crippen LogP contribution < -0.4 is 5.56 Å². The lowest BCUT2D eigenvalue weighted by atomic mass is 10.2. The van der Waals surface area contributed by atoms with Crippen molar-refractivity contribution in [3.63, 3.8) is 0 Å². The zero-order valence-electron chi connectivity index (χ0n) is 12.5. The number of esters is 1. The fourth-order valence-corrected chi connectivity index (χ4v) is 2.57. The molecule has 1 heterocycles. The third-order valence-electron chi connectivity index (χ3n) is 3.45. The summed E-state index contributed by atoms with van der Waals surface area (Å²) >= 11 is 3.12. The molecular weight excluding hydrogens is 379 g/mol. The molecule has 24 heavy (non-hydrogen) atoms. The van der Waals surface area contributed by atoms with Crippen LogP contribution in [0.1, 0.15) is 29.2 Å². The van der Waals surface area contributed by atoms with E-state index < -0.39 is 17.9 Å². The number of hydrogen-bond acceptors (Lipinski definition) is 4. The van der Waals surface area contributed by atoms with Gasteiger partial charge in [-0.2, -0.15) is 0 Å². The van der Waals surface area contributed by atoms with Gasteiger partial charge in [-0.1, -0.05) is 28.1 Å². The largest absolute Gasteiger partial charge is 0.451 e. The Hall–Kier alpha value is -2.54. The lowest BCUT2D eigenvalue weighted by molar-refractivity contribution is 0.0314. The van der Waals surface area contributed by atoms with Crippen molar-refractivity contribution in [3.8, 4) is 0 Å². The third kappa shape index (κ3) is 3.21. The van der Waals surface area contributed by atoms with Gasteiger partial charge in [-0.3, -0.25) is 4.79 Å². The molecule has 7 heteroatoms. The van der Waals surface area contributed by atoms with Gasteiger partial charge in [0.2, 0.25) is 0 Å². The molecule has 3 rings (SSSR count). The van der Waals surface area contributed by atoms with Gasteiger partial charge in [0, 0.05) is 4.47 Å². The molecule has 0 radical (unpaired) electrons. The molecule has 0 aliphatic carbocycles. The molecule has 0 saturated carbocycles. The number of carbonyl (C=O) groups excluding carboxylic acids is 1. The van der Waals surface area contributed by atoms with E-state index in [1.54, 1.807) is 37.3 Å². The highest BCUT2D eigenvalue weighted by Crippen LogP contribution is 2.20. The highest BCUT2D eigenvalue weighted by atomic mass is 79.9. The molecule has 2 aromatic carbocycles. The van der Waals surface area contributed by atoms with E-state index >= 15 is 0 Å². The van der Waals surface area contributed by atoms with Gasteiger partial charge >= 0.3 is 5.97 Å². The molecule has 0 saturated heterocycles. The number of aromatic nitrogens is 2. The molecule has 0 aliphatic heterocycles. The number of para-hydroxylation sites is 1. The maximum atomic E-state index is 13.8. The van der Waals surface area contributed by atoms with Crippen LogP contribution in [0.5, 0.6) is 0 Å². The standard InChI is InChI=1S/C17H12BrFN2O3/c1-9(24-17(23)11-7-6-10(18)8-13(11)19)15-20-14-5-3-2-4-12(14)16(22)21-15/h2-9H,1H3,(H,20,21,22). The number of nitrogens with zero attached hydrogens (tertiary/aromatic N) is 1. The summed E-state index contributed by atoms with van der Waals surface area (Å²) in [6.07, 6.45) is -0.835. The maximum absolute atomic E-state index is 13.8. The minimum absolute atomic E-state index is 0.187. The van der Waals surface area contributed by atoms with Crippen LogP contribution in [0.15, 0.2) is 51.7 Å². The van der Waals surface area contributed by atoms with Crippen molar-refractivity contribution in [2.75, 3.05) is 0 Å². The van der Waals surface area contributed by atoms with Crippen LogP contribution >= 0.6 is 15.9 Å². The lowest BCUT2D eigenvalue weighted by Gasteiger charge is -2.13. The predicted molar refractivity (Wildman–Crippen MR) is 90.3 cm³/mol. The van der Waals surface area contributed by atoms with Gasteiger partial charge in [0.05, 0.1) is 16.5 Å². The zero-order valence-corrected chi connectivity index (χ0v) is 14.1. The number of benzene rings is 2. The third-order valence-corrected chi connectivity index (χ3v) is 3.94. The highest BCUT2D eigenvalue weighted by Gasteiger charge is 2.19. The topological polar surface area (TPSA) is 72.0 Å². The van der Waals surface area contributed by atoms with Crippen LogP contribution in [0, 0.1) is 5.82 Å². The van der Waals surface area contributed by atoms with E-state index in [0.29, 0.717) is 15.4 Å². The summed E-state index contributed by atoms with van der Waals surface area (Å²) in [4.78, 5) is 31.0. The number of aromatic amines is 1. The van der Waals surface area contributed by atoms with Gasteiger partial charge in [-0.25, -0.2) is 14.2 Å². The normalized spacial score (nSPS) is 12.1. The summed E-state index contributed by atoms with van der Waals surface area (Å²) in [5, 5.41) is 0.443. The average Bonchev–Trinajstić information content (AvgIpc) is 2.54. The smallest absolute Gasteiger partial charge is 0.341 e. The molecule has 0 amide bonds. The molecule has 1 N–H and O–H groups in total. The van der Waals surface area contributed by atoms with Crippen LogP contribution in [0.2, 0.25) is 0 Å². The van der Waals surface area contributed by atoms with Crippen LogP contribution in [0.4, 0.5) is 4.39 Å². The van der Waals surface area contributed by atoms with Gasteiger partial charge in [0.1, 0.15) is 5.82 Å². The molecule has 1 atom stereocenters. The molecule has 0 fully saturated rings. The van der Waals surface area contributed by atoms with Crippen molar-refractivity contribution in [1.82, 2.24) is 9.97 Å². The van der Waals surface area contributed by atoms with Crippen LogP contribution in [-0.4, -0.2) is 15.9 Å². The van der Waals surface area contributed by atoms with Gasteiger partial charge in [-0.15, -0.1) is 0 Å². The molecule has 1 unspecified atom stereocenters. The number of ether oxygens (including phenoxy) is 1. The summed E-state index contributed by atoms with van der Waals surface area (Å²) in [5.74, 6) is -1.32. The summed E-state index contributed by atoms with van der Waals surface area (Å²) in [5.41, 5.74) is -0.0181. The first kappa shape index (κ1) is 16.3. The Balaban J connectivity index is 1.88. The van der Waals surface area contributed by atoms with Crippen molar-refractivity contribution in [2.45, 2.75) is 13.0 Å². The second-order valence-corrected chi connectivity index (χ2v) is 6.06. The number of halogens is 2. The number of carbonyl (C=O) groups is 1. The molecular formula is C17H12BrFN2O3. The summed E-state index contributed by atoms with van der Waals surface area (Å²) in [6.45, 7) is 1.56. The molecule has 1 aromatic heterocycles. The SMILES string of the molecule is CC(OC(=O)c1ccc(Br)cc1F)c1nc2ccccc2c(=O)[nH]1. The number of nitrogens with one attached hydrogen (secondary N) is 1. The quantitative estimate of drug-likeness (QED) is 0.691. The van der Waals surface area contributed by atoms with Crippen LogP contribution in [0.3, 0.4) is 0 Å². The number of H-pyrrole nitrogens is 1. The van der Waals surface area contributed by atoms with Crippen molar-refractivity contribution >= 4 is 32.8 Å². The minimum atomic E-state index is -0.835. The first-order valence-electron chi connectivity index (χ1n) is 7.10. The fourth-order valence-electron chi connectivity index (χ4n) is 2.23. The number of hydrogen-bond donors (Lipinski definition) is 1. The molecule has 0 aliphatic rings. The molecule has 3 aromatic rings.